The predicted octanol–water partition coefficient (Wildman–Crippen LogP) is 0.583. The van der Waals surface area contributed by atoms with E-state index in [0.717, 1.165) is 0 Å². The number of primary amides is 1. The van der Waals surface area contributed by atoms with Gasteiger partial charge in [-0.25, -0.2) is 4.79 Å². The molecule has 0 aliphatic carbocycles. The fraction of sp³-hybridized carbons (Fsp3) is 0.750. The predicted molar refractivity (Wildman–Crippen MR) is 70.5 cm³/mol. The van der Waals surface area contributed by atoms with Crippen LogP contribution in [0.4, 0.5) is 4.79 Å². The molecule has 2 atom stereocenters. The number of hydrogen-bond acceptors (Lipinski definition) is 3. The standard InChI is InChI=1S/C12H23N3O4/c1-4-12(3,10(13)18)15-11(19)14-8(2)6-5-7-9(16)17/h8H,4-7H2,1-3H3,(H2,13,18)(H,16,17)(H2,14,15,19). The lowest BCUT2D eigenvalue weighted by molar-refractivity contribution is -0.137. The summed E-state index contributed by atoms with van der Waals surface area (Å²) in [5.41, 5.74) is 4.15. The average molecular weight is 273 g/mol. The van der Waals surface area contributed by atoms with Gasteiger partial charge in [0.15, 0.2) is 0 Å². The summed E-state index contributed by atoms with van der Waals surface area (Å²) in [5.74, 6) is -1.45. The fourth-order valence-corrected chi connectivity index (χ4v) is 1.47. The molecule has 3 amide bonds. The molecular weight excluding hydrogens is 250 g/mol. The van der Waals surface area contributed by atoms with E-state index in [-0.39, 0.29) is 12.5 Å². The average Bonchev–Trinajstić information content (AvgIpc) is 2.27. The Bertz CT molecular complexity index is 346. The number of carbonyl (C=O) groups is 3. The highest BCUT2D eigenvalue weighted by Crippen LogP contribution is 2.08. The lowest BCUT2D eigenvalue weighted by Gasteiger charge is -2.27. The van der Waals surface area contributed by atoms with Gasteiger partial charge in [0, 0.05) is 12.5 Å². The molecule has 110 valence electrons. The molecule has 0 aromatic rings. The zero-order valence-electron chi connectivity index (χ0n) is 11.7. The van der Waals surface area contributed by atoms with E-state index in [1.165, 1.54) is 0 Å². The number of carboxylic acid groups (broad SMARTS) is 1. The van der Waals surface area contributed by atoms with Crippen LogP contribution in [0.3, 0.4) is 0 Å². The number of nitrogens with two attached hydrogens (primary N) is 1. The number of nitrogens with one attached hydrogen (secondary N) is 2. The Hall–Kier alpha value is -1.79. The van der Waals surface area contributed by atoms with Gasteiger partial charge in [0.1, 0.15) is 5.54 Å². The van der Waals surface area contributed by atoms with Gasteiger partial charge in [-0.15, -0.1) is 0 Å². The van der Waals surface area contributed by atoms with Crippen molar-refractivity contribution in [1.29, 1.82) is 0 Å². The van der Waals surface area contributed by atoms with Gasteiger partial charge >= 0.3 is 12.0 Å². The van der Waals surface area contributed by atoms with Crippen LogP contribution in [0.2, 0.25) is 0 Å². The highest BCUT2D eigenvalue weighted by Gasteiger charge is 2.30. The maximum atomic E-state index is 11.7. The molecular formula is C12H23N3O4. The van der Waals surface area contributed by atoms with E-state index >= 15 is 0 Å². The van der Waals surface area contributed by atoms with Crippen molar-refractivity contribution in [2.45, 2.75) is 58.0 Å². The molecule has 2 unspecified atom stereocenters. The van der Waals surface area contributed by atoms with Crippen molar-refractivity contribution in [3.8, 4) is 0 Å². The summed E-state index contributed by atoms with van der Waals surface area (Å²) in [5, 5.41) is 13.7. The largest absolute Gasteiger partial charge is 0.481 e. The molecule has 0 radical (unpaired) electrons. The Kier molecular flexibility index (Phi) is 6.89. The second kappa shape index (κ2) is 7.60. The normalized spacial score (nSPS) is 15.1. The topological polar surface area (TPSA) is 122 Å². The summed E-state index contributed by atoms with van der Waals surface area (Å²) in [6, 6.07) is -0.653. The van der Waals surface area contributed by atoms with Crippen LogP contribution >= 0.6 is 0 Å². The summed E-state index contributed by atoms with van der Waals surface area (Å²) in [4.78, 5) is 33.3. The minimum absolute atomic E-state index is 0.0710. The van der Waals surface area contributed by atoms with E-state index in [9.17, 15) is 14.4 Å². The summed E-state index contributed by atoms with van der Waals surface area (Å²) in [6.45, 7) is 5.08. The van der Waals surface area contributed by atoms with Crippen LogP contribution in [0.1, 0.15) is 46.5 Å². The first-order chi connectivity index (χ1) is 8.71. The Balaban J connectivity index is 4.16. The van der Waals surface area contributed by atoms with Crippen LogP contribution in [0.5, 0.6) is 0 Å². The molecule has 5 N–H and O–H groups in total. The SMILES string of the molecule is CCC(C)(NC(=O)NC(C)CCCC(=O)O)C(N)=O. The fourth-order valence-electron chi connectivity index (χ4n) is 1.47. The Labute approximate surface area is 112 Å². The first-order valence-corrected chi connectivity index (χ1v) is 6.31. The molecule has 7 heteroatoms. The number of aliphatic carboxylic acids is 1. The molecule has 0 spiro atoms. The smallest absolute Gasteiger partial charge is 0.315 e. The second-order valence-electron chi connectivity index (χ2n) is 4.84. The highest BCUT2D eigenvalue weighted by molar-refractivity contribution is 5.89. The van der Waals surface area contributed by atoms with Crippen molar-refractivity contribution in [3.63, 3.8) is 0 Å². The van der Waals surface area contributed by atoms with Gasteiger partial charge in [0.05, 0.1) is 0 Å². The summed E-state index contributed by atoms with van der Waals surface area (Å²) < 4.78 is 0. The first kappa shape index (κ1) is 17.2. The molecule has 0 aliphatic heterocycles. The highest BCUT2D eigenvalue weighted by atomic mass is 16.4. The van der Waals surface area contributed by atoms with Gasteiger partial charge in [-0.3, -0.25) is 9.59 Å². The monoisotopic (exact) mass is 273 g/mol. The molecule has 0 fully saturated rings. The summed E-state index contributed by atoms with van der Waals surface area (Å²) in [6.07, 6.45) is 1.50. The Morgan fingerprint density at radius 1 is 1.37 bits per heavy atom. The van der Waals surface area contributed by atoms with Crippen LogP contribution in [-0.4, -0.2) is 34.6 Å². The zero-order valence-corrected chi connectivity index (χ0v) is 11.7. The van der Waals surface area contributed by atoms with Crippen molar-refractivity contribution in [3.05, 3.63) is 0 Å². The van der Waals surface area contributed by atoms with Crippen LogP contribution < -0.4 is 16.4 Å². The molecule has 0 aromatic carbocycles. The van der Waals surface area contributed by atoms with Crippen LogP contribution in [-0.2, 0) is 9.59 Å². The Morgan fingerprint density at radius 3 is 2.37 bits per heavy atom. The van der Waals surface area contributed by atoms with Crippen LogP contribution in [0.15, 0.2) is 0 Å². The van der Waals surface area contributed by atoms with Crippen LogP contribution in [0.25, 0.3) is 0 Å². The molecule has 19 heavy (non-hydrogen) atoms. The van der Waals surface area contributed by atoms with Gasteiger partial charge in [0.2, 0.25) is 5.91 Å². The van der Waals surface area contributed by atoms with E-state index in [1.807, 2.05) is 0 Å². The third-order valence-electron chi connectivity index (χ3n) is 3.05. The number of amides is 3. The lowest BCUT2D eigenvalue weighted by Crippen LogP contribution is -2.58. The molecule has 0 saturated carbocycles. The van der Waals surface area contributed by atoms with Crippen molar-refractivity contribution >= 4 is 17.9 Å². The molecule has 0 aromatic heterocycles. The van der Waals surface area contributed by atoms with Gasteiger partial charge in [-0.1, -0.05) is 6.92 Å². The van der Waals surface area contributed by atoms with Gasteiger partial charge in [-0.05, 0) is 33.1 Å². The maximum Gasteiger partial charge on any atom is 0.315 e. The minimum Gasteiger partial charge on any atom is -0.481 e. The Morgan fingerprint density at radius 2 is 1.95 bits per heavy atom. The van der Waals surface area contributed by atoms with Crippen molar-refractivity contribution < 1.29 is 19.5 Å². The maximum absolute atomic E-state index is 11.7. The van der Waals surface area contributed by atoms with E-state index in [4.69, 9.17) is 10.8 Å². The molecule has 0 saturated heterocycles. The van der Waals surface area contributed by atoms with Gasteiger partial charge < -0.3 is 21.5 Å². The van der Waals surface area contributed by atoms with Crippen molar-refractivity contribution in [2.75, 3.05) is 0 Å². The third-order valence-corrected chi connectivity index (χ3v) is 3.05. The molecule has 7 nitrogen and oxygen atoms in total. The number of carbonyl (C=O) groups excluding carboxylic acids is 2. The number of carboxylic acids is 1. The minimum atomic E-state index is -1.08. The molecule has 0 heterocycles. The van der Waals surface area contributed by atoms with E-state index < -0.39 is 23.4 Å². The van der Waals surface area contributed by atoms with E-state index in [0.29, 0.717) is 19.3 Å². The second-order valence-corrected chi connectivity index (χ2v) is 4.84. The molecule has 0 rings (SSSR count). The number of hydrogen-bond donors (Lipinski definition) is 4. The molecule has 0 aliphatic rings. The van der Waals surface area contributed by atoms with Gasteiger partial charge in [0.25, 0.3) is 0 Å². The van der Waals surface area contributed by atoms with Crippen molar-refractivity contribution in [1.82, 2.24) is 10.6 Å². The lowest BCUT2D eigenvalue weighted by atomic mass is 9.98. The van der Waals surface area contributed by atoms with Crippen LogP contribution in [0, 0.1) is 0 Å². The summed E-state index contributed by atoms with van der Waals surface area (Å²) in [7, 11) is 0. The third kappa shape index (κ3) is 6.64. The van der Waals surface area contributed by atoms with E-state index in [1.54, 1.807) is 20.8 Å². The zero-order chi connectivity index (χ0) is 15.1. The quantitative estimate of drug-likeness (QED) is 0.516. The van der Waals surface area contributed by atoms with E-state index in [2.05, 4.69) is 10.6 Å². The number of urea groups is 1. The summed E-state index contributed by atoms with van der Waals surface area (Å²) >= 11 is 0. The first-order valence-electron chi connectivity index (χ1n) is 6.31. The van der Waals surface area contributed by atoms with Gasteiger partial charge in [-0.2, -0.15) is 0 Å². The molecule has 0 bridgehead atoms. The van der Waals surface area contributed by atoms with Crippen molar-refractivity contribution in [2.24, 2.45) is 5.73 Å². The number of rotatable bonds is 8.